The average Bonchev–Trinajstić information content (AvgIpc) is 2.04. The largest absolute Gasteiger partial charge is 0.384 e. The summed E-state index contributed by atoms with van der Waals surface area (Å²) < 4.78 is 5.06. The predicted molar refractivity (Wildman–Crippen MR) is 57.7 cm³/mol. The van der Waals surface area contributed by atoms with Gasteiger partial charge in [0.25, 0.3) is 0 Å². The Balaban J connectivity index is 3.60. The minimum atomic E-state index is 0.248. The van der Waals surface area contributed by atoms with Crippen molar-refractivity contribution < 1.29 is 4.74 Å². The van der Waals surface area contributed by atoms with Crippen molar-refractivity contribution in [2.24, 2.45) is 11.7 Å². The molecule has 0 aliphatic heterocycles. The minimum absolute atomic E-state index is 0.248. The quantitative estimate of drug-likeness (QED) is 0.618. The zero-order valence-electron chi connectivity index (χ0n) is 9.18. The first-order valence-electron chi connectivity index (χ1n) is 5.01. The molecule has 0 radical (unpaired) electrons. The van der Waals surface area contributed by atoms with Crippen molar-refractivity contribution in [1.82, 2.24) is 0 Å². The second-order valence-electron chi connectivity index (χ2n) is 3.86. The van der Waals surface area contributed by atoms with Gasteiger partial charge in [0.2, 0.25) is 0 Å². The standard InChI is InChI=1S/C11H23NO/c1-5-9(2)6-11(12)7-10(3)8-13-4/h10-11H,2,5-8,12H2,1,3-4H3. The van der Waals surface area contributed by atoms with Crippen LogP contribution < -0.4 is 5.73 Å². The fourth-order valence-corrected chi connectivity index (χ4v) is 1.47. The molecule has 0 rings (SSSR count). The highest BCUT2D eigenvalue weighted by Gasteiger charge is 2.09. The van der Waals surface area contributed by atoms with Gasteiger partial charge in [0.1, 0.15) is 0 Å². The predicted octanol–water partition coefficient (Wildman–Crippen LogP) is 2.34. The van der Waals surface area contributed by atoms with Crippen molar-refractivity contribution >= 4 is 0 Å². The van der Waals surface area contributed by atoms with E-state index in [9.17, 15) is 0 Å². The number of methoxy groups -OCH3 is 1. The topological polar surface area (TPSA) is 35.2 Å². The maximum atomic E-state index is 5.96. The second-order valence-corrected chi connectivity index (χ2v) is 3.86. The lowest BCUT2D eigenvalue weighted by Gasteiger charge is -2.17. The average molecular weight is 185 g/mol. The summed E-state index contributed by atoms with van der Waals surface area (Å²) in [5.41, 5.74) is 7.21. The number of ether oxygens (including phenoxy) is 1. The van der Waals surface area contributed by atoms with Crippen molar-refractivity contribution in [3.63, 3.8) is 0 Å². The summed E-state index contributed by atoms with van der Waals surface area (Å²) >= 11 is 0. The molecular formula is C11H23NO. The van der Waals surface area contributed by atoms with Crippen LogP contribution in [0.15, 0.2) is 12.2 Å². The van der Waals surface area contributed by atoms with E-state index in [0.717, 1.165) is 25.9 Å². The summed E-state index contributed by atoms with van der Waals surface area (Å²) in [6.45, 7) is 9.04. The van der Waals surface area contributed by atoms with Crippen LogP contribution in [0, 0.1) is 5.92 Å². The van der Waals surface area contributed by atoms with E-state index in [4.69, 9.17) is 10.5 Å². The van der Waals surface area contributed by atoms with E-state index in [0.29, 0.717) is 5.92 Å². The molecule has 0 aliphatic rings. The molecule has 0 spiro atoms. The summed E-state index contributed by atoms with van der Waals surface area (Å²) in [4.78, 5) is 0. The zero-order chi connectivity index (χ0) is 10.3. The zero-order valence-corrected chi connectivity index (χ0v) is 9.18. The van der Waals surface area contributed by atoms with Gasteiger partial charge in [-0.2, -0.15) is 0 Å². The Kier molecular flexibility index (Phi) is 6.92. The molecule has 0 heterocycles. The van der Waals surface area contributed by atoms with Crippen molar-refractivity contribution in [3.8, 4) is 0 Å². The lowest BCUT2D eigenvalue weighted by molar-refractivity contribution is 0.152. The second kappa shape index (κ2) is 7.10. The third kappa shape index (κ3) is 6.79. The van der Waals surface area contributed by atoms with Gasteiger partial charge in [-0.05, 0) is 25.2 Å². The Labute approximate surface area is 82.2 Å². The normalized spacial score (nSPS) is 15.4. The molecule has 0 saturated heterocycles. The van der Waals surface area contributed by atoms with Gasteiger partial charge in [0.05, 0.1) is 0 Å². The van der Waals surface area contributed by atoms with E-state index in [1.165, 1.54) is 5.57 Å². The molecule has 0 aromatic carbocycles. The van der Waals surface area contributed by atoms with E-state index in [1.54, 1.807) is 7.11 Å². The summed E-state index contributed by atoms with van der Waals surface area (Å²) in [6.07, 6.45) is 3.00. The summed E-state index contributed by atoms with van der Waals surface area (Å²) in [7, 11) is 1.73. The van der Waals surface area contributed by atoms with Gasteiger partial charge in [-0.3, -0.25) is 0 Å². The van der Waals surface area contributed by atoms with Gasteiger partial charge in [-0.25, -0.2) is 0 Å². The van der Waals surface area contributed by atoms with Crippen molar-refractivity contribution in [3.05, 3.63) is 12.2 Å². The van der Waals surface area contributed by atoms with Crippen LogP contribution >= 0.6 is 0 Å². The molecule has 0 aromatic rings. The van der Waals surface area contributed by atoms with E-state index in [-0.39, 0.29) is 6.04 Å². The number of hydrogen-bond donors (Lipinski definition) is 1. The lowest BCUT2D eigenvalue weighted by Crippen LogP contribution is -2.24. The molecule has 13 heavy (non-hydrogen) atoms. The minimum Gasteiger partial charge on any atom is -0.384 e. The highest BCUT2D eigenvalue weighted by atomic mass is 16.5. The van der Waals surface area contributed by atoms with Gasteiger partial charge >= 0.3 is 0 Å². The van der Waals surface area contributed by atoms with Crippen molar-refractivity contribution in [1.29, 1.82) is 0 Å². The fourth-order valence-electron chi connectivity index (χ4n) is 1.47. The Bertz CT molecular complexity index is 145. The third-order valence-electron chi connectivity index (χ3n) is 2.21. The van der Waals surface area contributed by atoms with Gasteiger partial charge in [-0.1, -0.05) is 26.0 Å². The van der Waals surface area contributed by atoms with E-state index in [2.05, 4.69) is 20.4 Å². The van der Waals surface area contributed by atoms with Crippen LogP contribution in [-0.2, 0) is 4.74 Å². The van der Waals surface area contributed by atoms with Gasteiger partial charge < -0.3 is 10.5 Å². The van der Waals surface area contributed by atoms with Crippen LogP contribution in [0.25, 0.3) is 0 Å². The molecular weight excluding hydrogens is 162 g/mol. The smallest absolute Gasteiger partial charge is 0.0488 e. The first kappa shape index (κ1) is 12.7. The first-order chi connectivity index (χ1) is 6.10. The molecule has 0 saturated carbocycles. The Morgan fingerprint density at radius 1 is 1.54 bits per heavy atom. The maximum Gasteiger partial charge on any atom is 0.0488 e. The summed E-state index contributed by atoms with van der Waals surface area (Å²) in [6, 6.07) is 0.248. The van der Waals surface area contributed by atoms with Crippen LogP contribution in [0.5, 0.6) is 0 Å². The monoisotopic (exact) mass is 185 g/mol. The number of rotatable bonds is 7. The number of hydrogen-bond acceptors (Lipinski definition) is 2. The van der Waals surface area contributed by atoms with Crippen LogP contribution in [0.4, 0.5) is 0 Å². The highest BCUT2D eigenvalue weighted by Crippen LogP contribution is 2.12. The van der Waals surface area contributed by atoms with Gasteiger partial charge in [-0.15, -0.1) is 0 Å². The Morgan fingerprint density at radius 2 is 2.15 bits per heavy atom. The first-order valence-corrected chi connectivity index (χ1v) is 5.01. The molecule has 2 unspecified atom stereocenters. The third-order valence-corrected chi connectivity index (χ3v) is 2.21. The molecule has 0 fully saturated rings. The van der Waals surface area contributed by atoms with Crippen LogP contribution in [0.1, 0.15) is 33.1 Å². The van der Waals surface area contributed by atoms with E-state index < -0.39 is 0 Å². The molecule has 2 N–H and O–H groups in total. The molecule has 78 valence electrons. The molecule has 0 amide bonds. The SMILES string of the molecule is C=C(CC)CC(N)CC(C)COC. The molecule has 0 bridgehead atoms. The fraction of sp³-hybridized carbons (Fsp3) is 0.818. The van der Waals surface area contributed by atoms with Crippen LogP contribution in [-0.4, -0.2) is 19.8 Å². The molecule has 2 heteroatoms. The molecule has 0 aliphatic carbocycles. The van der Waals surface area contributed by atoms with E-state index in [1.807, 2.05) is 0 Å². The molecule has 2 nitrogen and oxygen atoms in total. The lowest BCUT2D eigenvalue weighted by atomic mass is 9.97. The van der Waals surface area contributed by atoms with Crippen molar-refractivity contribution in [2.75, 3.05) is 13.7 Å². The Hall–Kier alpha value is -0.340. The molecule has 0 aromatic heterocycles. The van der Waals surface area contributed by atoms with Gasteiger partial charge in [0, 0.05) is 19.8 Å². The van der Waals surface area contributed by atoms with Crippen LogP contribution in [0.3, 0.4) is 0 Å². The maximum absolute atomic E-state index is 5.96. The summed E-state index contributed by atoms with van der Waals surface area (Å²) in [5, 5.41) is 0. The molecule has 2 atom stereocenters. The van der Waals surface area contributed by atoms with Gasteiger partial charge in [0.15, 0.2) is 0 Å². The Morgan fingerprint density at radius 3 is 2.62 bits per heavy atom. The van der Waals surface area contributed by atoms with Crippen LogP contribution in [0.2, 0.25) is 0 Å². The highest BCUT2D eigenvalue weighted by molar-refractivity contribution is 4.95. The van der Waals surface area contributed by atoms with E-state index >= 15 is 0 Å². The number of nitrogens with two attached hydrogens (primary N) is 1. The summed E-state index contributed by atoms with van der Waals surface area (Å²) in [5.74, 6) is 0.546. The van der Waals surface area contributed by atoms with Crippen molar-refractivity contribution in [2.45, 2.75) is 39.2 Å².